The van der Waals surface area contributed by atoms with E-state index in [0.717, 1.165) is 24.5 Å². The van der Waals surface area contributed by atoms with E-state index in [1.165, 1.54) is 20.0 Å². The zero-order valence-electron chi connectivity index (χ0n) is 10.3. The third-order valence-electron chi connectivity index (χ3n) is 3.14. The SMILES string of the molecule is CNc1ccc(N2CCCC2)c(C(=O)OC)c1. The zero-order chi connectivity index (χ0) is 12.3. The summed E-state index contributed by atoms with van der Waals surface area (Å²) in [4.78, 5) is 14.0. The number of benzene rings is 1. The highest BCUT2D eigenvalue weighted by molar-refractivity contribution is 5.97. The van der Waals surface area contributed by atoms with Gasteiger partial charge in [-0.3, -0.25) is 0 Å². The van der Waals surface area contributed by atoms with Gasteiger partial charge in [0.05, 0.1) is 18.4 Å². The Morgan fingerprint density at radius 1 is 1.35 bits per heavy atom. The maximum atomic E-state index is 11.8. The van der Waals surface area contributed by atoms with Crippen LogP contribution in [0.15, 0.2) is 18.2 Å². The summed E-state index contributed by atoms with van der Waals surface area (Å²) in [5, 5.41) is 3.04. The summed E-state index contributed by atoms with van der Waals surface area (Å²) in [6, 6.07) is 5.82. The van der Waals surface area contributed by atoms with Gasteiger partial charge < -0.3 is 15.0 Å². The molecule has 0 unspecified atom stereocenters. The minimum Gasteiger partial charge on any atom is -0.465 e. The number of carbonyl (C=O) groups excluding carboxylic acids is 1. The molecule has 1 saturated heterocycles. The lowest BCUT2D eigenvalue weighted by Gasteiger charge is -2.21. The van der Waals surface area contributed by atoms with E-state index in [2.05, 4.69) is 10.2 Å². The highest BCUT2D eigenvalue weighted by atomic mass is 16.5. The average Bonchev–Trinajstić information content (AvgIpc) is 2.90. The van der Waals surface area contributed by atoms with Gasteiger partial charge in [-0.05, 0) is 31.0 Å². The Labute approximate surface area is 102 Å². The number of nitrogens with one attached hydrogen (secondary N) is 1. The number of anilines is 2. The molecule has 1 aromatic carbocycles. The second-order valence-corrected chi connectivity index (χ2v) is 4.17. The van der Waals surface area contributed by atoms with Gasteiger partial charge in [0.2, 0.25) is 0 Å². The summed E-state index contributed by atoms with van der Waals surface area (Å²) in [6.07, 6.45) is 2.38. The van der Waals surface area contributed by atoms with Crippen LogP contribution in [0.4, 0.5) is 11.4 Å². The molecule has 1 aliphatic rings. The normalized spacial score (nSPS) is 14.8. The highest BCUT2D eigenvalue weighted by Gasteiger charge is 2.20. The molecular weight excluding hydrogens is 216 g/mol. The number of esters is 1. The molecule has 17 heavy (non-hydrogen) atoms. The Morgan fingerprint density at radius 2 is 2.06 bits per heavy atom. The molecule has 0 radical (unpaired) electrons. The van der Waals surface area contributed by atoms with E-state index in [-0.39, 0.29) is 5.97 Å². The van der Waals surface area contributed by atoms with E-state index >= 15 is 0 Å². The molecule has 92 valence electrons. The first-order valence-corrected chi connectivity index (χ1v) is 5.91. The van der Waals surface area contributed by atoms with Gasteiger partial charge in [-0.25, -0.2) is 4.79 Å². The van der Waals surface area contributed by atoms with Crippen LogP contribution in [0.1, 0.15) is 23.2 Å². The van der Waals surface area contributed by atoms with Gasteiger partial charge in [0.25, 0.3) is 0 Å². The van der Waals surface area contributed by atoms with Crippen LogP contribution >= 0.6 is 0 Å². The van der Waals surface area contributed by atoms with E-state index in [1.54, 1.807) is 0 Å². The largest absolute Gasteiger partial charge is 0.465 e. The molecule has 0 amide bonds. The molecule has 4 nitrogen and oxygen atoms in total. The van der Waals surface area contributed by atoms with Crippen LogP contribution in [-0.2, 0) is 4.74 Å². The van der Waals surface area contributed by atoms with Crippen LogP contribution in [0.25, 0.3) is 0 Å². The van der Waals surface area contributed by atoms with Gasteiger partial charge in [-0.2, -0.15) is 0 Å². The molecule has 1 aliphatic heterocycles. The second kappa shape index (κ2) is 5.08. The topological polar surface area (TPSA) is 41.6 Å². The first-order chi connectivity index (χ1) is 8.26. The molecule has 1 N–H and O–H groups in total. The minimum absolute atomic E-state index is 0.274. The number of nitrogens with zero attached hydrogens (tertiary/aromatic N) is 1. The molecule has 0 aromatic heterocycles. The minimum atomic E-state index is -0.274. The fourth-order valence-electron chi connectivity index (χ4n) is 2.20. The number of hydrogen-bond acceptors (Lipinski definition) is 4. The Bertz CT molecular complexity index is 412. The summed E-state index contributed by atoms with van der Waals surface area (Å²) in [7, 11) is 3.26. The third kappa shape index (κ3) is 2.35. The number of methoxy groups -OCH3 is 1. The van der Waals surface area contributed by atoms with Crippen molar-refractivity contribution in [1.82, 2.24) is 0 Å². The Hall–Kier alpha value is -1.71. The molecule has 2 rings (SSSR count). The molecule has 1 aromatic rings. The van der Waals surface area contributed by atoms with Crippen molar-refractivity contribution in [1.29, 1.82) is 0 Å². The summed E-state index contributed by atoms with van der Waals surface area (Å²) < 4.78 is 4.84. The standard InChI is InChI=1S/C13H18N2O2/c1-14-10-5-6-12(15-7-3-4-8-15)11(9-10)13(16)17-2/h5-6,9,14H,3-4,7-8H2,1-2H3. The fraction of sp³-hybridized carbons (Fsp3) is 0.462. The second-order valence-electron chi connectivity index (χ2n) is 4.17. The van der Waals surface area contributed by atoms with Crippen molar-refractivity contribution in [3.05, 3.63) is 23.8 Å². The monoisotopic (exact) mass is 234 g/mol. The lowest BCUT2D eigenvalue weighted by molar-refractivity contribution is 0.0601. The summed E-state index contributed by atoms with van der Waals surface area (Å²) in [6.45, 7) is 2.03. The lowest BCUT2D eigenvalue weighted by atomic mass is 10.1. The maximum absolute atomic E-state index is 11.8. The maximum Gasteiger partial charge on any atom is 0.340 e. The molecule has 1 heterocycles. The first kappa shape index (κ1) is 11.8. The average molecular weight is 234 g/mol. The quantitative estimate of drug-likeness (QED) is 0.813. The van der Waals surface area contributed by atoms with Crippen LogP contribution < -0.4 is 10.2 Å². The molecular formula is C13H18N2O2. The summed E-state index contributed by atoms with van der Waals surface area (Å²) >= 11 is 0. The van der Waals surface area contributed by atoms with Crippen molar-refractivity contribution in [3.8, 4) is 0 Å². The van der Waals surface area contributed by atoms with Crippen LogP contribution in [0, 0.1) is 0 Å². The number of hydrogen-bond donors (Lipinski definition) is 1. The molecule has 0 aliphatic carbocycles. The number of carbonyl (C=O) groups is 1. The Kier molecular flexibility index (Phi) is 3.52. The van der Waals surface area contributed by atoms with Crippen molar-refractivity contribution in [2.45, 2.75) is 12.8 Å². The molecule has 0 bridgehead atoms. The third-order valence-corrected chi connectivity index (χ3v) is 3.14. The van der Waals surface area contributed by atoms with Crippen LogP contribution in [0.5, 0.6) is 0 Å². The molecule has 0 spiro atoms. The molecule has 1 fully saturated rings. The van der Waals surface area contributed by atoms with Crippen molar-refractivity contribution in [3.63, 3.8) is 0 Å². The van der Waals surface area contributed by atoms with Crippen LogP contribution in [-0.4, -0.2) is 33.2 Å². The van der Waals surface area contributed by atoms with Crippen LogP contribution in [0.2, 0.25) is 0 Å². The van der Waals surface area contributed by atoms with Gasteiger partial charge in [0, 0.05) is 25.8 Å². The van der Waals surface area contributed by atoms with Crippen molar-refractivity contribution >= 4 is 17.3 Å². The summed E-state index contributed by atoms with van der Waals surface area (Å²) in [5.41, 5.74) is 2.54. The predicted octanol–water partition coefficient (Wildman–Crippen LogP) is 2.12. The lowest BCUT2D eigenvalue weighted by Crippen LogP contribution is -2.21. The Balaban J connectivity index is 2.38. The van der Waals surface area contributed by atoms with Gasteiger partial charge in [0.15, 0.2) is 0 Å². The molecule has 0 saturated carbocycles. The molecule has 0 atom stereocenters. The predicted molar refractivity (Wildman–Crippen MR) is 68.8 cm³/mol. The van der Waals surface area contributed by atoms with Crippen molar-refractivity contribution in [2.24, 2.45) is 0 Å². The van der Waals surface area contributed by atoms with Crippen molar-refractivity contribution < 1.29 is 9.53 Å². The van der Waals surface area contributed by atoms with Crippen LogP contribution in [0.3, 0.4) is 0 Å². The molecule has 4 heteroatoms. The smallest absolute Gasteiger partial charge is 0.340 e. The van der Waals surface area contributed by atoms with Gasteiger partial charge in [0.1, 0.15) is 0 Å². The first-order valence-electron chi connectivity index (χ1n) is 5.91. The highest BCUT2D eigenvalue weighted by Crippen LogP contribution is 2.27. The number of rotatable bonds is 3. The zero-order valence-corrected chi connectivity index (χ0v) is 10.3. The number of ether oxygens (including phenoxy) is 1. The van der Waals surface area contributed by atoms with E-state index < -0.39 is 0 Å². The Morgan fingerprint density at radius 3 is 2.65 bits per heavy atom. The van der Waals surface area contributed by atoms with Gasteiger partial charge in [-0.15, -0.1) is 0 Å². The van der Waals surface area contributed by atoms with E-state index in [9.17, 15) is 4.79 Å². The van der Waals surface area contributed by atoms with E-state index in [0.29, 0.717) is 5.56 Å². The van der Waals surface area contributed by atoms with Gasteiger partial charge >= 0.3 is 5.97 Å². The summed E-state index contributed by atoms with van der Waals surface area (Å²) in [5.74, 6) is -0.274. The fourth-order valence-corrected chi connectivity index (χ4v) is 2.20. The van der Waals surface area contributed by atoms with Gasteiger partial charge in [-0.1, -0.05) is 0 Å². The van der Waals surface area contributed by atoms with Crippen molar-refractivity contribution in [2.75, 3.05) is 37.5 Å². The van der Waals surface area contributed by atoms with E-state index in [4.69, 9.17) is 4.74 Å². The van der Waals surface area contributed by atoms with E-state index in [1.807, 2.05) is 25.2 Å².